The van der Waals surface area contributed by atoms with E-state index < -0.39 is 67.1 Å². The first-order valence-electron chi connectivity index (χ1n) is 23.5. The van der Waals surface area contributed by atoms with Crippen molar-refractivity contribution in [1.82, 2.24) is 40.1 Å². The topological polar surface area (TPSA) is 292 Å². The molecule has 71 heavy (non-hydrogen) atoms. The van der Waals surface area contributed by atoms with Crippen LogP contribution in [0.25, 0.3) is 22.0 Å². The van der Waals surface area contributed by atoms with E-state index >= 15 is 0 Å². The zero-order valence-electron chi connectivity index (χ0n) is 39.5. The lowest BCUT2D eigenvalue weighted by Gasteiger charge is -2.32. The van der Waals surface area contributed by atoms with Gasteiger partial charge in [-0.2, -0.15) is 5.26 Å². The number of nitrogens with one attached hydrogen (secondary N) is 2. The molecule has 384 valence electrons. The largest absolute Gasteiger partial charge is 0.492 e. The lowest BCUT2D eigenvalue weighted by atomic mass is 9.89. The molecule has 2 aliphatic heterocycles. The molecule has 7 N–H and O–H groups in total. The molecule has 3 aromatic rings. The van der Waals surface area contributed by atoms with Crippen molar-refractivity contribution < 1.29 is 62.4 Å². The Morgan fingerprint density at radius 1 is 0.761 bits per heavy atom. The van der Waals surface area contributed by atoms with Crippen LogP contribution in [0.3, 0.4) is 0 Å². The van der Waals surface area contributed by atoms with Crippen molar-refractivity contribution in [2.45, 2.75) is 50.5 Å². The van der Waals surface area contributed by atoms with Crippen molar-refractivity contribution in [3.8, 4) is 22.9 Å². The molecule has 3 fully saturated rings. The van der Waals surface area contributed by atoms with Crippen molar-refractivity contribution >= 4 is 52.4 Å². The number of nitrogens with zero attached hydrogens (tertiary/aromatic N) is 7. The van der Waals surface area contributed by atoms with Crippen LogP contribution in [0, 0.1) is 17.2 Å². The highest BCUT2D eigenvalue weighted by Gasteiger charge is 2.47. The number of nitriles is 1. The molecule has 6 rings (SSSR count). The third-order valence-electron chi connectivity index (χ3n) is 12.3. The molecular weight excluding hydrogens is 931 g/mol. The standard InChI is InChI=1S/C32H33F2N5O4.C16H29N5O7/c33-32(34)17-24(18-35)39(20-32)29(40)19-38-31(42)27-11-12-36-28-16-23(9-10-26(27)28)22-7-4-8-25(15-22)43-14-13-37-30(41)21-5-2-1-3-6-21;17-13(22)9-18-1-3-19(10-14(23)24)5-7-21(12-16(27)28)8-6-20(4-2-18)11-15(25)26/h4,7-12,15-16,21,24H,1-3,5-6,13-14,17,19-20H2,(H,37,41)(H,38,42);1-12H2,(H2,17,22)(H,23,24)(H,25,26)(H,27,28). The summed E-state index contributed by atoms with van der Waals surface area (Å²) in [5, 5.41) is 42.4. The summed E-state index contributed by atoms with van der Waals surface area (Å²) in [4.78, 5) is 94.4. The number of amides is 4. The molecule has 3 aliphatic rings. The van der Waals surface area contributed by atoms with Gasteiger partial charge < -0.3 is 41.3 Å². The summed E-state index contributed by atoms with van der Waals surface area (Å²) in [5.41, 5.74) is 7.83. The lowest BCUT2D eigenvalue weighted by Crippen LogP contribution is -2.49. The second-order valence-electron chi connectivity index (χ2n) is 17.8. The van der Waals surface area contributed by atoms with E-state index in [1.54, 1.807) is 31.7 Å². The van der Waals surface area contributed by atoms with E-state index in [0.717, 1.165) is 41.7 Å². The van der Waals surface area contributed by atoms with Crippen molar-refractivity contribution in [1.29, 1.82) is 5.26 Å². The smallest absolute Gasteiger partial charge is 0.317 e. The summed E-state index contributed by atoms with van der Waals surface area (Å²) in [7, 11) is 0. The zero-order valence-corrected chi connectivity index (χ0v) is 39.5. The first kappa shape index (κ1) is 55.1. The Bertz CT molecular complexity index is 2290. The molecule has 0 spiro atoms. The van der Waals surface area contributed by atoms with Crippen LogP contribution in [-0.2, 0) is 28.8 Å². The van der Waals surface area contributed by atoms with Gasteiger partial charge in [0.2, 0.25) is 17.7 Å². The molecule has 4 amide bonds. The average molecular weight is 993 g/mol. The first-order chi connectivity index (χ1) is 33.9. The summed E-state index contributed by atoms with van der Waals surface area (Å²) in [6.45, 7) is 1.63. The van der Waals surface area contributed by atoms with Gasteiger partial charge in [-0.25, -0.2) is 8.78 Å². The number of aliphatic carboxylic acids is 3. The Hall–Kier alpha value is -6.87. The molecule has 21 nitrogen and oxygen atoms in total. The number of carbonyl (C=O) groups is 7. The molecule has 2 saturated heterocycles. The number of likely N-dealkylation sites (tertiary alicyclic amines) is 1. The second kappa shape index (κ2) is 26.9. The van der Waals surface area contributed by atoms with Crippen LogP contribution in [0.1, 0.15) is 48.9 Å². The van der Waals surface area contributed by atoms with Gasteiger partial charge in [0.15, 0.2) is 0 Å². The molecule has 3 heterocycles. The quantitative estimate of drug-likeness (QED) is 0.104. The third kappa shape index (κ3) is 18.1. The Morgan fingerprint density at radius 2 is 1.32 bits per heavy atom. The maximum absolute atomic E-state index is 13.7. The van der Waals surface area contributed by atoms with Crippen molar-refractivity contribution in [3.63, 3.8) is 0 Å². The SMILES string of the molecule is N#CC1CC(F)(F)CN1C(=O)CNC(=O)c1ccnc2cc(-c3cccc(OCCNC(=O)C4CCCCC4)c3)ccc12.NC(=O)CN1CCN(CC(=O)O)CCN(CC(=O)O)CCN(CC(=O)O)CC1. The predicted octanol–water partition coefficient (Wildman–Crippen LogP) is 1.41. The number of hydrogen-bond donors (Lipinski definition) is 6. The summed E-state index contributed by atoms with van der Waals surface area (Å²) in [6, 6.07) is 15.0. The molecule has 1 aromatic heterocycles. The Labute approximate surface area is 409 Å². The van der Waals surface area contributed by atoms with Gasteiger partial charge in [-0.3, -0.25) is 58.1 Å². The van der Waals surface area contributed by atoms with Gasteiger partial charge in [0.1, 0.15) is 18.4 Å². The van der Waals surface area contributed by atoms with Crippen LogP contribution in [0.5, 0.6) is 5.75 Å². The third-order valence-corrected chi connectivity index (χ3v) is 12.3. The van der Waals surface area contributed by atoms with Gasteiger partial charge in [0, 0.05) is 76.3 Å². The number of ether oxygens (including phenoxy) is 1. The minimum atomic E-state index is -3.13. The van der Waals surface area contributed by atoms with Crippen LogP contribution in [0.4, 0.5) is 8.78 Å². The molecule has 23 heteroatoms. The fourth-order valence-corrected chi connectivity index (χ4v) is 8.70. The predicted molar refractivity (Wildman–Crippen MR) is 253 cm³/mol. The van der Waals surface area contributed by atoms with E-state index in [9.17, 15) is 42.3 Å². The van der Waals surface area contributed by atoms with Crippen LogP contribution in [0.2, 0.25) is 0 Å². The second-order valence-corrected chi connectivity index (χ2v) is 17.8. The normalized spacial score (nSPS) is 18.7. The highest BCUT2D eigenvalue weighted by molar-refractivity contribution is 6.07. The van der Waals surface area contributed by atoms with Crippen molar-refractivity contribution in [2.24, 2.45) is 11.7 Å². The number of carboxylic acids is 3. The monoisotopic (exact) mass is 992 g/mol. The van der Waals surface area contributed by atoms with E-state index in [1.807, 2.05) is 36.4 Å². The lowest BCUT2D eigenvalue weighted by molar-refractivity contribution is -0.140. The summed E-state index contributed by atoms with van der Waals surface area (Å²) in [5.74, 6) is -7.08. The van der Waals surface area contributed by atoms with Crippen LogP contribution in [-0.4, -0.2) is 203 Å². The number of fused-ring (bicyclic) bond motifs is 1. The molecule has 0 radical (unpaired) electrons. The van der Waals surface area contributed by atoms with Gasteiger partial charge in [0.05, 0.1) is 63.0 Å². The maximum Gasteiger partial charge on any atom is 0.317 e. The number of primary amides is 1. The molecule has 0 bridgehead atoms. The van der Waals surface area contributed by atoms with E-state index in [-0.39, 0.29) is 43.6 Å². The molecule has 2 aromatic carbocycles. The summed E-state index contributed by atoms with van der Waals surface area (Å²) < 4.78 is 33.3. The van der Waals surface area contributed by atoms with E-state index in [4.69, 9.17) is 31.1 Å². The fraction of sp³-hybridized carbons (Fsp3) is 0.521. The van der Waals surface area contributed by atoms with Gasteiger partial charge in [-0.1, -0.05) is 43.5 Å². The zero-order chi connectivity index (χ0) is 51.5. The summed E-state index contributed by atoms with van der Waals surface area (Å²) in [6.07, 6.45) is 6.09. The average Bonchev–Trinajstić information content (AvgIpc) is 3.66. The Kier molecular flexibility index (Phi) is 20.9. The van der Waals surface area contributed by atoms with Crippen molar-refractivity contribution in [2.75, 3.05) is 105 Å². The summed E-state index contributed by atoms with van der Waals surface area (Å²) >= 11 is 0. The highest BCUT2D eigenvalue weighted by Crippen LogP contribution is 2.32. The maximum atomic E-state index is 13.7. The Balaban J connectivity index is 0.000000291. The van der Waals surface area contributed by atoms with Crippen molar-refractivity contribution in [3.05, 3.63) is 60.3 Å². The van der Waals surface area contributed by atoms with E-state index in [2.05, 4.69) is 15.6 Å². The number of carboxylic acid groups (broad SMARTS) is 3. The minimum Gasteiger partial charge on any atom is -0.492 e. The first-order valence-corrected chi connectivity index (χ1v) is 23.5. The number of pyridine rings is 1. The number of nitrogens with two attached hydrogens (primary N) is 1. The number of halogens is 2. The van der Waals surface area contributed by atoms with E-state index in [0.29, 0.717) is 82.2 Å². The number of rotatable bonds is 17. The number of carbonyl (C=O) groups excluding carboxylic acids is 4. The molecule has 1 saturated carbocycles. The minimum absolute atomic E-state index is 0.00698. The Morgan fingerprint density at radius 3 is 1.87 bits per heavy atom. The molecular formula is C48H62F2N10O11. The number of aromatic nitrogens is 1. The molecule has 1 atom stereocenters. The molecule has 1 unspecified atom stereocenters. The van der Waals surface area contributed by atoms with Crippen LogP contribution < -0.4 is 21.1 Å². The van der Waals surface area contributed by atoms with Gasteiger partial charge in [-0.15, -0.1) is 0 Å². The number of benzene rings is 2. The van der Waals surface area contributed by atoms with Gasteiger partial charge in [0.25, 0.3) is 11.8 Å². The highest BCUT2D eigenvalue weighted by atomic mass is 19.3. The number of hydrogen-bond acceptors (Lipinski definition) is 14. The van der Waals surface area contributed by atoms with Crippen LogP contribution >= 0.6 is 0 Å². The van der Waals surface area contributed by atoms with Gasteiger partial charge in [-0.05, 0) is 48.2 Å². The van der Waals surface area contributed by atoms with E-state index in [1.165, 1.54) is 18.7 Å². The van der Waals surface area contributed by atoms with Crippen LogP contribution in [0.15, 0.2) is 54.7 Å². The fourth-order valence-electron chi connectivity index (χ4n) is 8.70. The van der Waals surface area contributed by atoms with Gasteiger partial charge >= 0.3 is 17.9 Å². The number of alkyl halides is 2. The molecule has 1 aliphatic carbocycles.